The first-order chi connectivity index (χ1) is 9.90. The summed E-state index contributed by atoms with van der Waals surface area (Å²) in [4.78, 5) is 39.3. The quantitative estimate of drug-likeness (QED) is 0.829. The minimum absolute atomic E-state index is 0.0727. The molecule has 1 aromatic rings. The molecule has 0 bridgehead atoms. The first-order valence-corrected chi connectivity index (χ1v) is 6.91. The summed E-state index contributed by atoms with van der Waals surface area (Å²) in [7, 11) is 0. The number of rotatable bonds is 2. The van der Waals surface area contributed by atoms with Crippen LogP contribution in [0, 0.1) is 0 Å². The van der Waals surface area contributed by atoms with Crippen LogP contribution in [-0.4, -0.2) is 40.9 Å². The van der Waals surface area contributed by atoms with Crippen LogP contribution in [0.15, 0.2) is 30.3 Å². The Morgan fingerprint density at radius 1 is 1.14 bits per heavy atom. The van der Waals surface area contributed by atoms with Gasteiger partial charge in [-0.25, -0.2) is 4.79 Å². The largest absolute Gasteiger partial charge is 0.325 e. The highest BCUT2D eigenvalue weighted by Crippen LogP contribution is 2.28. The molecule has 1 unspecified atom stereocenters. The molecule has 6 nitrogen and oxygen atoms in total. The number of para-hydroxylation sites is 1. The Labute approximate surface area is 122 Å². The predicted molar refractivity (Wildman–Crippen MR) is 76.7 cm³/mol. The highest BCUT2D eigenvalue weighted by Gasteiger charge is 2.50. The van der Waals surface area contributed by atoms with E-state index in [-0.39, 0.29) is 18.2 Å². The molecule has 2 fully saturated rings. The van der Waals surface area contributed by atoms with Crippen molar-refractivity contribution in [3.05, 3.63) is 30.3 Å². The molecule has 2 heterocycles. The second-order valence-electron chi connectivity index (χ2n) is 5.93. The Morgan fingerprint density at radius 2 is 1.81 bits per heavy atom. The molecular formula is C15H17N3O3. The zero-order valence-corrected chi connectivity index (χ0v) is 12.0. The molecule has 3 rings (SSSR count). The third-order valence-electron chi connectivity index (χ3n) is 3.93. The molecule has 2 aliphatic heterocycles. The van der Waals surface area contributed by atoms with Crippen molar-refractivity contribution in [1.29, 1.82) is 0 Å². The summed E-state index contributed by atoms with van der Waals surface area (Å²) in [6.45, 7) is 3.68. The van der Waals surface area contributed by atoms with Crippen molar-refractivity contribution < 1.29 is 14.4 Å². The highest BCUT2D eigenvalue weighted by atomic mass is 16.2. The van der Waals surface area contributed by atoms with Crippen LogP contribution < -0.4 is 10.2 Å². The maximum Gasteiger partial charge on any atom is 0.325 e. The van der Waals surface area contributed by atoms with Gasteiger partial charge in [0.05, 0.1) is 6.04 Å². The SMILES string of the molecule is CC1(C)NC(=O)N(C2CC(=O)N(c3ccccc3)C2)C1=O. The predicted octanol–water partition coefficient (Wildman–Crippen LogP) is 1.12. The van der Waals surface area contributed by atoms with E-state index in [1.807, 2.05) is 30.3 Å². The molecule has 1 N–H and O–H groups in total. The van der Waals surface area contributed by atoms with Gasteiger partial charge in [-0.2, -0.15) is 0 Å². The average molecular weight is 287 g/mol. The molecule has 21 heavy (non-hydrogen) atoms. The van der Waals surface area contributed by atoms with Gasteiger partial charge < -0.3 is 10.2 Å². The van der Waals surface area contributed by atoms with Crippen molar-refractivity contribution in [2.45, 2.75) is 31.8 Å². The van der Waals surface area contributed by atoms with Crippen molar-refractivity contribution in [3.8, 4) is 0 Å². The molecule has 6 heteroatoms. The second-order valence-corrected chi connectivity index (χ2v) is 5.93. The van der Waals surface area contributed by atoms with Crippen LogP contribution in [0.5, 0.6) is 0 Å². The topological polar surface area (TPSA) is 69.7 Å². The molecule has 2 saturated heterocycles. The van der Waals surface area contributed by atoms with E-state index in [0.717, 1.165) is 5.69 Å². The number of anilines is 1. The number of hydrogen-bond donors (Lipinski definition) is 1. The van der Waals surface area contributed by atoms with Gasteiger partial charge in [0.2, 0.25) is 5.91 Å². The number of urea groups is 1. The van der Waals surface area contributed by atoms with E-state index in [1.165, 1.54) is 4.90 Å². The number of nitrogens with zero attached hydrogens (tertiary/aromatic N) is 2. The summed E-state index contributed by atoms with van der Waals surface area (Å²) in [5, 5.41) is 2.65. The van der Waals surface area contributed by atoms with E-state index in [9.17, 15) is 14.4 Å². The van der Waals surface area contributed by atoms with Gasteiger partial charge in [0, 0.05) is 18.7 Å². The lowest BCUT2D eigenvalue weighted by molar-refractivity contribution is -0.131. The molecule has 1 atom stereocenters. The van der Waals surface area contributed by atoms with Crippen LogP contribution in [0.25, 0.3) is 0 Å². The Bertz CT molecular complexity index is 612. The van der Waals surface area contributed by atoms with Gasteiger partial charge in [-0.1, -0.05) is 18.2 Å². The highest BCUT2D eigenvalue weighted by molar-refractivity contribution is 6.08. The first-order valence-electron chi connectivity index (χ1n) is 6.91. The van der Waals surface area contributed by atoms with Crippen LogP contribution in [0.2, 0.25) is 0 Å². The minimum atomic E-state index is -0.902. The van der Waals surface area contributed by atoms with E-state index in [0.29, 0.717) is 6.54 Å². The lowest BCUT2D eigenvalue weighted by Gasteiger charge is -2.22. The molecule has 0 saturated carbocycles. The second kappa shape index (κ2) is 4.58. The van der Waals surface area contributed by atoms with E-state index >= 15 is 0 Å². The van der Waals surface area contributed by atoms with Crippen molar-refractivity contribution in [1.82, 2.24) is 10.2 Å². The number of nitrogens with one attached hydrogen (secondary N) is 1. The van der Waals surface area contributed by atoms with Crippen molar-refractivity contribution >= 4 is 23.5 Å². The lowest BCUT2D eigenvalue weighted by Crippen LogP contribution is -2.44. The minimum Gasteiger partial charge on any atom is -0.324 e. The van der Waals surface area contributed by atoms with E-state index in [2.05, 4.69) is 5.32 Å². The molecule has 0 spiro atoms. The van der Waals surface area contributed by atoms with Crippen LogP contribution in [-0.2, 0) is 9.59 Å². The maximum absolute atomic E-state index is 12.3. The fourth-order valence-corrected chi connectivity index (χ4v) is 2.83. The third kappa shape index (κ3) is 2.16. The molecule has 1 aromatic carbocycles. The van der Waals surface area contributed by atoms with Gasteiger partial charge in [0.25, 0.3) is 5.91 Å². The summed E-state index contributed by atoms with van der Waals surface area (Å²) in [6.07, 6.45) is 0.171. The Hall–Kier alpha value is -2.37. The number of imide groups is 1. The van der Waals surface area contributed by atoms with Gasteiger partial charge in [-0.15, -0.1) is 0 Å². The zero-order chi connectivity index (χ0) is 15.2. The molecule has 4 amide bonds. The van der Waals surface area contributed by atoms with Gasteiger partial charge in [0.15, 0.2) is 0 Å². The Morgan fingerprint density at radius 3 is 2.38 bits per heavy atom. The van der Waals surface area contributed by atoms with Gasteiger partial charge in [-0.05, 0) is 26.0 Å². The van der Waals surface area contributed by atoms with Crippen LogP contribution in [0.1, 0.15) is 20.3 Å². The molecular weight excluding hydrogens is 270 g/mol. The monoisotopic (exact) mass is 287 g/mol. The average Bonchev–Trinajstić information content (AvgIpc) is 2.89. The summed E-state index contributed by atoms with van der Waals surface area (Å²) in [5.41, 5.74) is -0.114. The number of amides is 4. The molecule has 0 radical (unpaired) electrons. The Balaban J connectivity index is 1.82. The summed E-state index contributed by atoms with van der Waals surface area (Å²) >= 11 is 0. The standard InChI is InChI=1S/C15H17N3O3/c1-15(2)13(20)18(14(21)16-15)11-8-12(19)17(9-11)10-6-4-3-5-7-10/h3-7,11H,8-9H2,1-2H3,(H,16,21). The lowest BCUT2D eigenvalue weighted by atomic mass is 10.1. The van der Waals surface area contributed by atoms with Crippen molar-refractivity contribution in [2.24, 2.45) is 0 Å². The summed E-state index contributed by atoms with van der Waals surface area (Å²) in [6, 6.07) is 8.44. The third-order valence-corrected chi connectivity index (χ3v) is 3.93. The van der Waals surface area contributed by atoms with Crippen LogP contribution in [0.4, 0.5) is 10.5 Å². The number of hydrogen-bond acceptors (Lipinski definition) is 3. The fraction of sp³-hybridized carbons (Fsp3) is 0.400. The summed E-state index contributed by atoms with van der Waals surface area (Å²) in [5.74, 6) is -0.350. The zero-order valence-electron chi connectivity index (χ0n) is 12.0. The molecule has 0 aromatic heterocycles. The van der Waals surface area contributed by atoms with Gasteiger partial charge in [0.1, 0.15) is 5.54 Å². The smallest absolute Gasteiger partial charge is 0.324 e. The maximum atomic E-state index is 12.3. The molecule has 110 valence electrons. The number of carbonyl (C=O) groups is 3. The number of benzene rings is 1. The molecule has 0 aliphatic carbocycles. The van der Waals surface area contributed by atoms with Crippen LogP contribution >= 0.6 is 0 Å². The number of carbonyl (C=O) groups excluding carboxylic acids is 3. The van der Waals surface area contributed by atoms with E-state index in [4.69, 9.17) is 0 Å². The fourth-order valence-electron chi connectivity index (χ4n) is 2.83. The van der Waals surface area contributed by atoms with E-state index < -0.39 is 17.6 Å². The van der Waals surface area contributed by atoms with Gasteiger partial charge >= 0.3 is 6.03 Å². The first kappa shape index (κ1) is 13.6. The van der Waals surface area contributed by atoms with Gasteiger partial charge in [-0.3, -0.25) is 14.5 Å². The Kier molecular flexibility index (Phi) is 2.97. The van der Waals surface area contributed by atoms with Crippen LogP contribution in [0.3, 0.4) is 0 Å². The van der Waals surface area contributed by atoms with E-state index in [1.54, 1.807) is 18.7 Å². The molecule has 2 aliphatic rings. The van der Waals surface area contributed by atoms with Crippen molar-refractivity contribution in [2.75, 3.05) is 11.4 Å². The summed E-state index contributed by atoms with van der Waals surface area (Å²) < 4.78 is 0. The van der Waals surface area contributed by atoms with Crippen molar-refractivity contribution in [3.63, 3.8) is 0 Å². The normalized spacial score (nSPS) is 24.7.